The zero-order valence-corrected chi connectivity index (χ0v) is 22.3. The Morgan fingerprint density at radius 3 is 2.19 bits per heavy atom. The fourth-order valence-electron chi connectivity index (χ4n) is 3.77. The highest BCUT2D eigenvalue weighted by molar-refractivity contribution is 7.89. The summed E-state index contributed by atoms with van der Waals surface area (Å²) in [5.41, 5.74) is 0.889. The fraction of sp³-hybridized carbons (Fsp3) is 0.481. The number of methoxy groups -OCH3 is 1. The lowest BCUT2D eigenvalue weighted by Gasteiger charge is -2.30. The Morgan fingerprint density at radius 2 is 1.64 bits per heavy atom. The first-order valence-corrected chi connectivity index (χ1v) is 13.7. The van der Waals surface area contributed by atoms with E-state index in [4.69, 9.17) is 4.74 Å². The molecule has 0 saturated carbocycles. The molecule has 36 heavy (non-hydrogen) atoms. The molecule has 2 rings (SSSR count). The average molecular weight is 519 g/mol. The summed E-state index contributed by atoms with van der Waals surface area (Å²) < 4.78 is 33.3. The van der Waals surface area contributed by atoms with E-state index >= 15 is 0 Å². The number of aliphatic hydroxyl groups is 1. The lowest BCUT2D eigenvalue weighted by Crippen LogP contribution is -2.51. The molecule has 0 fully saturated rings. The number of hydrogen-bond donors (Lipinski definition) is 2. The van der Waals surface area contributed by atoms with Gasteiger partial charge in [-0.1, -0.05) is 51.1 Å². The summed E-state index contributed by atoms with van der Waals surface area (Å²) in [6.45, 7) is 5.54. The highest BCUT2D eigenvalue weighted by Crippen LogP contribution is 2.21. The van der Waals surface area contributed by atoms with Crippen LogP contribution in [0.4, 0.5) is 0 Å². The van der Waals surface area contributed by atoms with Crippen molar-refractivity contribution in [3.05, 3.63) is 60.2 Å². The number of benzene rings is 2. The number of amides is 1. The molecule has 0 bridgehead atoms. The van der Waals surface area contributed by atoms with Crippen molar-refractivity contribution in [1.29, 1.82) is 0 Å². The zero-order valence-electron chi connectivity index (χ0n) is 21.5. The first-order valence-electron chi connectivity index (χ1n) is 12.2. The van der Waals surface area contributed by atoms with Crippen molar-refractivity contribution in [1.82, 2.24) is 9.62 Å². The molecule has 9 heteroatoms. The summed E-state index contributed by atoms with van der Waals surface area (Å²) in [5, 5.41) is 14.0. The monoisotopic (exact) mass is 518 g/mol. The molecule has 0 aliphatic carbocycles. The smallest absolute Gasteiger partial charge is 0.243 e. The van der Waals surface area contributed by atoms with E-state index in [2.05, 4.69) is 5.32 Å². The van der Waals surface area contributed by atoms with Crippen molar-refractivity contribution >= 4 is 21.7 Å². The van der Waals surface area contributed by atoms with Crippen molar-refractivity contribution in [2.75, 3.05) is 20.2 Å². The number of aliphatic hydroxyl groups excluding tert-OH is 1. The van der Waals surface area contributed by atoms with Crippen LogP contribution in [0.1, 0.15) is 45.6 Å². The Bertz CT molecular complexity index is 1070. The number of ether oxygens (including phenoxy) is 1. The minimum absolute atomic E-state index is 0.00689. The van der Waals surface area contributed by atoms with Gasteiger partial charge in [-0.3, -0.25) is 9.59 Å². The van der Waals surface area contributed by atoms with Gasteiger partial charge >= 0.3 is 0 Å². The summed E-state index contributed by atoms with van der Waals surface area (Å²) in [5.74, 6) is 0.174. The van der Waals surface area contributed by atoms with Crippen LogP contribution in [0.15, 0.2) is 59.5 Å². The molecule has 0 heterocycles. The first-order chi connectivity index (χ1) is 17.1. The maximum absolute atomic E-state index is 13.5. The number of sulfonamides is 1. The molecule has 2 N–H and O–H groups in total. The third-order valence-corrected chi connectivity index (χ3v) is 7.64. The summed E-state index contributed by atoms with van der Waals surface area (Å²) >= 11 is 0. The number of carbonyl (C=O) groups is 2. The summed E-state index contributed by atoms with van der Waals surface area (Å²) in [4.78, 5) is 24.3. The number of hydrogen-bond acceptors (Lipinski definition) is 6. The number of rotatable bonds is 15. The van der Waals surface area contributed by atoms with Crippen LogP contribution in [0.5, 0.6) is 5.75 Å². The topological polar surface area (TPSA) is 113 Å². The average Bonchev–Trinajstić information content (AvgIpc) is 2.86. The van der Waals surface area contributed by atoms with E-state index in [9.17, 15) is 23.1 Å². The standard InChI is InChI=1S/C27H38N2O6S/c1-5-22(30)11-16-27(32)28-25(17-21-9-7-6-8-10-21)26(31)19-29(18-20(2)3)36(33,34)24-14-12-23(35-4)13-15-24/h6-10,12-15,20,25-26,31H,5,11,16-19H2,1-4H3,(H,28,32). The molecular weight excluding hydrogens is 480 g/mol. The predicted molar refractivity (Wildman–Crippen MR) is 139 cm³/mol. The number of Topliss-reactive ketones (excluding diaryl/α,β-unsaturated/α-hetero) is 1. The van der Waals surface area contributed by atoms with Crippen LogP contribution in [0.25, 0.3) is 0 Å². The van der Waals surface area contributed by atoms with E-state index in [0.29, 0.717) is 18.6 Å². The largest absolute Gasteiger partial charge is 0.497 e. The molecule has 0 radical (unpaired) electrons. The molecule has 8 nitrogen and oxygen atoms in total. The van der Waals surface area contributed by atoms with Gasteiger partial charge in [-0.25, -0.2) is 8.42 Å². The van der Waals surface area contributed by atoms with Crippen LogP contribution in [0, 0.1) is 5.92 Å². The normalized spacial score (nSPS) is 13.4. The van der Waals surface area contributed by atoms with E-state index in [0.717, 1.165) is 5.56 Å². The highest BCUT2D eigenvalue weighted by Gasteiger charge is 2.31. The zero-order chi connectivity index (χ0) is 26.7. The van der Waals surface area contributed by atoms with Gasteiger partial charge in [0.1, 0.15) is 11.5 Å². The quantitative estimate of drug-likeness (QED) is 0.374. The van der Waals surface area contributed by atoms with E-state index in [1.165, 1.54) is 23.5 Å². The third-order valence-electron chi connectivity index (χ3n) is 5.79. The molecule has 0 aliphatic rings. The number of nitrogens with one attached hydrogen (secondary N) is 1. The number of carbonyl (C=O) groups excluding carboxylic acids is 2. The van der Waals surface area contributed by atoms with Crippen molar-refractivity contribution in [3.8, 4) is 5.75 Å². The Kier molecular flexibility index (Phi) is 11.6. The third kappa shape index (κ3) is 9.04. The van der Waals surface area contributed by atoms with Crippen molar-refractivity contribution < 1.29 is 27.9 Å². The van der Waals surface area contributed by atoms with Crippen molar-refractivity contribution in [2.24, 2.45) is 5.92 Å². The Balaban J connectivity index is 2.27. The van der Waals surface area contributed by atoms with Crippen molar-refractivity contribution in [2.45, 2.75) is 63.5 Å². The summed E-state index contributed by atoms with van der Waals surface area (Å²) in [6, 6.07) is 14.7. The molecule has 2 unspecified atom stereocenters. The van der Waals surface area contributed by atoms with Crippen molar-refractivity contribution in [3.63, 3.8) is 0 Å². The first kappa shape index (κ1) is 29.5. The lowest BCUT2D eigenvalue weighted by molar-refractivity contribution is -0.126. The molecule has 0 saturated heterocycles. The summed E-state index contributed by atoms with van der Waals surface area (Å²) in [6.07, 6.45) is -0.362. The maximum Gasteiger partial charge on any atom is 0.243 e. The second kappa shape index (κ2) is 14.1. The summed E-state index contributed by atoms with van der Waals surface area (Å²) in [7, 11) is -2.41. The van der Waals surface area contributed by atoms with Crippen LogP contribution in [0.3, 0.4) is 0 Å². The van der Waals surface area contributed by atoms with E-state index in [1.807, 2.05) is 44.2 Å². The Hall–Kier alpha value is -2.75. The molecule has 0 spiro atoms. The minimum Gasteiger partial charge on any atom is -0.497 e. The Labute approximate surface area is 214 Å². The van der Waals surface area contributed by atoms with Gasteiger partial charge in [0.15, 0.2) is 0 Å². The second-order valence-electron chi connectivity index (χ2n) is 9.21. The number of ketones is 1. The van der Waals surface area contributed by atoms with E-state index in [-0.39, 0.29) is 48.4 Å². The van der Waals surface area contributed by atoms with Gasteiger partial charge in [0.25, 0.3) is 0 Å². The number of nitrogens with zero attached hydrogens (tertiary/aromatic N) is 1. The van der Waals surface area contributed by atoms with Crippen LogP contribution in [-0.2, 0) is 26.0 Å². The molecule has 2 aromatic carbocycles. The minimum atomic E-state index is -3.92. The van der Waals surface area contributed by atoms with E-state index < -0.39 is 22.2 Å². The van der Waals surface area contributed by atoms with Gasteiger partial charge in [0.05, 0.1) is 24.2 Å². The molecule has 198 valence electrons. The molecule has 0 aromatic heterocycles. The van der Waals surface area contributed by atoms with Gasteiger partial charge < -0.3 is 15.2 Å². The van der Waals surface area contributed by atoms with E-state index in [1.54, 1.807) is 19.1 Å². The fourth-order valence-corrected chi connectivity index (χ4v) is 5.39. The maximum atomic E-state index is 13.5. The molecule has 2 aromatic rings. The molecule has 0 aliphatic heterocycles. The van der Waals surface area contributed by atoms with Crippen LogP contribution in [0.2, 0.25) is 0 Å². The van der Waals surface area contributed by atoms with Gasteiger partial charge in [-0.2, -0.15) is 4.31 Å². The SMILES string of the molecule is CCC(=O)CCC(=O)NC(Cc1ccccc1)C(O)CN(CC(C)C)S(=O)(=O)c1ccc(OC)cc1. The van der Waals surface area contributed by atoms with Gasteiger partial charge in [-0.15, -0.1) is 0 Å². The molecular formula is C27H38N2O6S. The second-order valence-corrected chi connectivity index (χ2v) is 11.2. The van der Waals surface area contributed by atoms with Gasteiger partial charge in [-0.05, 0) is 42.2 Å². The molecule has 2 atom stereocenters. The van der Waals surface area contributed by atoms with Crippen LogP contribution >= 0.6 is 0 Å². The van der Waals surface area contributed by atoms with Crippen LogP contribution in [-0.4, -0.2) is 61.9 Å². The van der Waals surface area contributed by atoms with Crippen LogP contribution < -0.4 is 10.1 Å². The highest BCUT2D eigenvalue weighted by atomic mass is 32.2. The molecule has 1 amide bonds. The Morgan fingerprint density at radius 1 is 1.00 bits per heavy atom. The van der Waals surface area contributed by atoms with Gasteiger partial charge in [0, 0.05) is 32.4 Å². The predicted octanol–water partition coefficient (Wildman–Crippen LogP) is 3.19. The van der Waals surface area contributed by atoms with Gasteiger partial charge in [0.2, 0.25) is 15.9 Å². The lowest BCUT2D eigenvalue weighted by atomic mass is 10.0.